The Labute approximate surface area is 93.1 Å². The number of aromatic nitrogens is 3. The molecule has 1 aliphatic heterocycles. The summed E-state index contributed by atoms with van der Waals surface area (Å²) in [5.41, 5.74) is 0.668. The number of piperidine rings is 1. The molecule has 1 atom stereocenters. The largest absolute Gasteiger partial charge is 0.391 e. The Morgan fingerprint density at radius 3 is 2.93 bits per heavy atom. The van der Waals surface area contributed by atoms with E-state index in [1.54, 1.807) is 6.92 Å². The number of aliphatic hydroxyl groups excluding tert-OH is 1. The van der Waals surface area contributed by atoms with E-state index < -0.39 is 0 Å². The normalized spacial score (nSPS) is 21.8. The van der Waals surface area contributed by atoms with Gasteiger partial charge in [0.25, 0.3) is 0 Å². The lowest BCUT2D eigenvalue weighted by molar-refractivity contribution is 0.153. The molecular weight excluding hydrogens is 216 g/mol. The first-order valence-corrected chi connectivity index (χ1v) is 5.34. The number of nitrogens with zero attached hydrogens (tertiary/aromatic N) is 4. The Morgan fingerprint density at radius 1 is 1.47 bits per heavy atom. The molecule has 1 aliphatic rings. The SMILES string of the molecule is Cc1nc(N2CCC[C@@H](O)C2)nnc1Cl. The number of rotatable bonds is 1. The fraction of sp³-hybridized carbons (Fsp3) is 0.667. The highest BCUT2D eigenvalue weighted by Gasteiger charge is 2.20. The molecule has 0 bridgehead atoms. The standard InChI is InChI=1S/C9H13ClN4O/c1-6-8(10)12-13-9(11-6)14-4-2-3-7(15)5-14/h7,15H,2-5H2,1H3/t7-/m1/s1. The minimum absolute atomic E-state index is 0.293. The maximum absolute atomic E-state index is 9.52. The predicted molar refractivity (Wildman–Crippen MR) is 57.0 cm³/mol. The van der Waals surface area contributed by atoms with Gasteiger partial charge < -0.3 is 10.0 Å². The van der Waals surface area contributed by atoms with Crippen molar-refractivity contribution in [3.63, 3.8) is 0 Å². The Balaban J connectivity index is 2.18. The fourth-order valence-corrected chi connectivity index (χ4v) is 1.73. The summed E-state index contributed by atoms with van der Waals surface area (Å²) in [4.78, 5) is 6.18. The molecular formula is C9H13ClN4O. The Kier molecular flexibility index (Phi) is 3.02. The van der Waals surface area contributed by atoms with Crippen molar-refractivity contribution < 1.29 is 5.11 Å². The highest BCUT2D eigenvalue weighted by atomic mass is 35.5. The summed E-state index contributed by atoms with van der Waals surface area (Å²) in [5.74, 6) is 0.552. The molecule has 1 aromatic heterocycles. The van der Waals surface area contributed by atoms with Gasteiger partial charge in [-0.3, -0.25) is 0 Å². The summed E-state index contributed by atoms with van der Waals surface area (Å²) >= 11 is 5.74. The molecule has 1 fully saturated rings. The third-order valence-electron chi connectivity index (χ3n) is 2.47. The molecule has 5 nitrogen and oxygen atoms in total. The van der Waals surface area contributed by atoms with Crippen LogP contribution >= 0.6 is 11.6 Å². The van der Waals surface area contributed by atoms with Gasteiger partial charge in [0.05, 0.1) is 11.8 Å². The number of β-amino-alcohol motifs (C(OH)–C–C–N with tert-alkyl or cyclic N) is 1. The summed E-state index contributed by atoms with van der Waals surface area (Å²) in [6.07, 6.45) is 1.50. The third-order valence-corrected chi connectivity index (χ3v) is 2.82. The summed E-state index contributed by atoms with van der Waals surface area (Å²) < 4.78 is 0. The van der Waals surface area contributed by atoms with Gasteiger partial charge in [-0.2, -0.15) is 0 Å². The highest BCUT2D eigenvalue weighted by molar-refractivity contribution is 6.29. The van der Waals surface area contributed by atoms with Gasteiger partial charge in [0.15, 0.2) is 5.15 Å². The van der Waals surface area contributed by atoms with E-state index in [0.29, 0.717) is 23.3 Å². The lowest BCUT2D eigenvalue weighted by Gasteiger charge is -2.29. The first-order valence-electron chi connectivity index (χ1n) is 4.96. The molecule has 1 N–H and O–H groups in total. The fourth-order valence-electron chi connectivity index (χ4n) is 1.65. The van der Waals surface area contributed by atoms with Crippen LogP contribution in [0.4, 0.5) is 5.95 Å². The van der Waals surface area contributed by atoms with E-state index in [4.69, 9.17) is 11.6 Å². The maximum Gasteiger partial charge on any atom is 0.245 e. The van der Waals surface area contributed by atoms with E-state index in [9.17, 15) is 5.11 Å². The molecule has 0 spiro atoms. The summed E-state index contributed by atoms with van der Waals surface area (Å²) in [6, 6.07) is 0. The number of halogens is 1. The van der Waals surface area contributed by atoms with Gasteiger partial charge in [0, 0.05) is 13.1 Å². The number of hydrogen-bond acceptors (Lipinski definition) is 5. The van der Waals surface area contributed by atoms with Crippen LogP contribution < -0.4 is 4.90 Å². The number of aryl methyl sites for hydroxylation is 1. The molecule has 1 aromatic rings. The van der Waals surface area contributed by atoms with Crippen LogP contribution in [0.25, 0.3) is 0 Å². The molecule has 0 amide bonds. The van der Waals surface area contributed by atoms with Crippen LogP contribution in [0.2, 0.25) is 5.15 Å². The highest BCUT2D eigenvalue weighted by Crippen LogP contribution is 2.17. The van der Waals surface area contributed by atoms with Crippen LogP contribution in [-0.4, -0.2) is 39.5 Å². The lowest BCUT2D eigenvalue weighted by Crippen LogP contribution is -2.39. The molecule has 0 unspecified atom stereocenters. The average Bonchev–Trinajstić information content (AvgIpc) is 2.22. The molecule has 1 saturated heterocycles. The van der Waals surface area contributed by atoms with Crippen LogP contribution in [0.15, 0.2) is 0 Å². The number of aliphatic hydroxyl groups is 1. The van der Waals surface area contributed by atoms with E-state index in [0.717, 1.165) is 19.4 Å². The summed E-state index contributed by atoms with van der Waals surface area (Å²) in [5, 5.41) is 17.6. The predicted octanol–water partition coefficient (Wildman–Crippen LogP) is 0.795. The molecule has 82 valence electrons. The molecule has 0 aromatic carbocycles. The number of hydrogen-bond donors (Lipinski definition) is 1. The Bertz CT molecular complexity index is 360. The van der Waals surface area contributed by atoms with E-state index in [1.807, 2.05) is 4.90 Å². The zero-order chi connectivity index (χ0) is 10.8. The van der Waals surface area contributed by atoms with Crippen molar-refractivity contribution in [2.45, 2.75) is 25.9 Å². The van der Waals surface area contributed by atoms with Gasteiger partial charge in [-0.25, -0.2) is 4.98 Å². The molecule has 0 aliphatic carbocycles. The zero-order valence-corrected chi connectivity index (χ0v) is 9.28. The van der Waals surface area contributed by atoms with Crippen molar-refractivity contribution in [1.82, 2.24) is 15.2 Å². The minimum atomic E-state index is -0.293. The maximum atomic E-state index is 9.52. The van der Waals surface area contributed by atoms with Crippen LogP contribution in [-0.2, 0) is 0 Å². The topological polar surface area (TPSA) is 62.1 Å². The second-order valence-electron chi connectivity index (χ2n) is 3.73. The van der Waals surface area contributed by atoms with Gasteiger partial charge in [0.2, 0.25) is 5.95 Å². The second kappa shape index (κ2) is 4.28. The minimum Gasteiger partial charge on any atom is -0.391 e. The van der Waals surface area contributed by atoms with Crippen molar-refractivity contribution in [2.75, 3.05) is 18.0 Å². The first kappa shape index (κ1) is 10.6. The van der Waals surface area contributed by atoms with Crippen LogP contribution in [0.3, 0.4) is 0 Å². The van der Waals surface area contributed by atoms with Crippen molar-refractivity contribution in [1.29, 1.82) is 0 Å². The first-order chi connectivity index (χ1) is 7.16. The molecule has 15 heavy (non-hydrogen) atoms. The van der Waals surface area contributed by atoms with Gasteiger partial charge >= 0.3 is 0 Å². The third kappa shape index (κ3) is 2.35. The van der Waals surface area contributed by atoms with Crippen molar-refractivity contribution in [3.8, 4) is 0 Å². The summed E-state index contributed by atoms with van der Waals surface area (Å²) in [6.45, 7) is 3.23. The Morgan fingerprint density at radius 2 is 2.27 bits per heavy atom. The van der Waals surface area contributed by atoms with E-state index >= 15 is 0 Å². The van der Waals surface area contributed by atoms with E-state index in [2.05, 4.69) is 15.2 Å². The quantitative estimate of drug-likeness (QED) is 0.770. The molecule has 0 radical (unpaired) electrons. The van der Waals surface area contributed by atoms with Gasteiger partial charge in [-0.15, -0.1) is 10.2 Å². The van der Waals surface area contributed by atoms with Crippen molar-refractivity contribution >= 4 is 17.5 Å². The van der Waals surface area contributed by atoms with E-state index in [-0.39, 0.29) is 6.10 Å². The van der Waals surface area contributed by atoms with Crippen LogP contribution in [0.1, 0.15) is 18.5 Å². The monoisotopic (exact) mass is 228 g/mol. The molecule has 2 heterocycles. The van der Waals surface area contributed by atoms with Crippen LogP contribution in [0, 0.1) is 6.92 Å². The zero-order valence-electron chi connectivity index (χ0n) is 8.52. The van der Waals surface area contributed by atoms with Crippen LogP contribution in [0.5, 0.6) is 0 Å². The molecule has 0 saturated carbocycles. The van der Waals surface area contributed by atoms with Gasteiger partial charge in [-0.05, 0) is 19.8 Å². The average molecular weight is 229 g/mol. The second-order valence-corrected chi connectivity index (χ2v) is 4.09. The lowest BCUT2D eigenvalue weighted by atomic mass is 10.1. The molecule has 6 heteroatoms. The van der Waals surface area contributed by atoms with Crippen molar-refractivity contribution in [2.24, 2.45) is 0 Å². The van der Waals surface area contributed by atoms with Gasteiger partial charge in [0.1, 0.15) is 0 Å². The van der Waals surface area contributed by atoms with Crippen molar-refractivity contribution in [3.05, 3.63) is 10.8 Å². The van der Waals surface area contributed by atoms with Gasteiger partial charge in [-0.1, -0.05) is 11.6 Å². The number of anilines is 1. The Hall–Kier alpha value is -0.940. The smallest absolute Gasteiger partial charge is 0.245 e. The van der Waals surface area contributed by atoms with E-state index in [1.165, 1.54) is 0 Å². The summed E-state index contributed by atoms with van der Waals surface area (Å²) in [7, 11) is 0. The molecule has 2 rings (SSSR count).